The third-order valence-corrected chi connectivity index (χ3v) is 10.1. The second-order valence-electron chi connectivity index (χ2n) is 12.8. The molecule has 0 spiro atoms. The van der Waals surface area contributed by atoms with Gasteiger partial charge in [0.05, 0.1) is 0 Å². The molecule has 0 fully saturated rings. The van der Waals surface area contributed by atoms with Gasteiger partial charge in [0, 0.05) is 22.1 Å². The van der Waals surface area contributed by atoms with E-state index < -0.39 is 0 Å². The van der Waals surface area contributed by atoms with E-state index >= 15 is 0 Å². The molecule has 0 aromatic heterocycles. The molecule has 0 radical (unpaired) electrons. The van der Waals surface area contributed by atoms with E-state index in [-0.39, 0.29) is 0 Å². The summed E-state index contributed by atoms with van der Waals surface area (Å²) in [6, 6.07) is 65.6. The molecular weight excluding hydrogens is 593 g/mol. The summed E-state index contributed by atoms with van der Waals surface area (Å²) in [6.07, 6.45) is 0. The molecule has 0 amide bonds. The first-order valence-corrected chi connectivity index (χ1v) is 16.9. The Kier molecular flexibility index (Phi) is 6.25. The van der Waals surface area contributed by atoms with Crippen LogP contribution in [0, 0.1) is 0 Å². The minimum atomic E-state index is 0.909. The van der Waals surface area contributed by atoms with E-state index in [2.05, 4.69) is 182 Å². The average molecular weight is 623 g/mol. The summed E-state index contributed by atoms with van der Waals surface area (Å²) < 4.78 is 6.84. The number of ether oxygens (including phenoxy) is 1. The molecular formula is C48H30O. The van der Waals surface area contributed by atoms with E-state index in [1.54, 1.807) is 0 Å². The minimum Gasteiger partial charge on any atom is -0.455 e. The van der Waals surface area contributed by atoms with E-state index in [9.17, 15) is 0 Å². The van der Waals surface area contributed by atoms with Gasteiger partial charge in [-0.3, -0.25) is 0 Å². The Bertz CT molecular complexity index is 2660. The van der Waals surface area contributed by atoms with E-state index in [1.807, 2.05) is 0 Å². The summed E-state index contributed by atoms with van der Waals surface area (Å²) in [4.78, 5) is 0. The van der Waals surface area contributed by atoms with Crippen LogP contribution in [-0.2, 0) is 0 Å². The fourth-order valence-corrected chi connectivity index (χ4v) is 7.93. The molecule has 1 heteroatoms. The normalized spacial score (nSPS) is 11.8. The van der Waals surface area contributed by atoms with Gasteiger partial charge in [-0.25, -0.2) is 0 Å². The molecule has 49 heavy (non-hydrogen) atoms. The van der Waals surface area contributed by atoms with Crippen LogP contribution in [0.3, 0.4) is 0 Å². The monoisotopic (exact) mass is 622 g/mol. The van der Waals surface area contributed by atoms with Crippen LogP contribution in [0.1, 0.15) is 0 Å². The third kappa shape index (κ3) is 4.33. The average Bonchev–Trinajstić information content (AvgIpc) is 3.17. The number of rotatable bonds is 4. The highest BCUT2D eigenvalue weighted by molar-refractivity contribution is 6.22. The zero-order valence-electron chi connectivity index (χ0n) is 26.7. The van der Waals surface area contributed by atoms with Crippen molar-refractivity contribution in [3.05, 3.63) is 182 Å². The van der Waals surface area contributed by atoms with Crippen LogP contribution in [0.15, 0.2) is 182 Å². The lowest BCUT2D eigenvalue weighted by atomic mass is 9.84. The lowest BCUT2D eigenvalue weighted by Gasteiger charge is -2.25. The first-order valence-electron chi connectivity index (χ1n) is 16.9. The summed E-state index contributed by atoms with van der Waals surface area (Å²) in [5.74, 6) is 1.82. The standard InChI is InChI=1S/C48H30O/c1-2-13-31(14-3-1)35-17-4-5-18-36(35)32-27-29-34(30-28-32)45-37-19-6-8-21-39(37)47(40-22-9-7-20-38(40)45)43-25-12-24-42-41-23-10-15-33-16-11-26-44(46(33)41)49-48(42)43/h1-30H. The molecule has 1 aliphatic heterocycles. The van der Waals surface area contributed by atoms with Crippen LogP contribution in [0.5, 0.6) is 11.5 Å². The van der Waals surface area contributed by atoms with Gasteiger partial charge >= 0.3 is 0 Å². The van der Waals surface area contributed by atoms with Crippen LogP contribution < -0.4 is 4.74 Å². The maximum absolute atomic E-state index is 6.84. The second-order valence-corrected chi connectivity index (χ2v) is 12.8. The predicted octanol–water partition coefficient (Wildman–Crippen LogP) is 13.6. The lowest BCUT2D eigenvalue weighted by Crippen LogP contribution is -2.00. The summed E-state index contributed by atoms with van der Waals surface area (Å²) in [5, 5.41) is 7.25. The highest BCUT2D eigenvalue weighted by Crippen LogP contribution is 2.53. The molecule has 0 unspecified atom stereocenters. The highest BCUT2D eigenvalue weighted by atomic mass is 16.5. The van der Waals surface area contributed by atoms with Crippen LogP contribution in [0.4, 0.5) is 0 Å². The zero-order chi connectivity index (χ0) is 32.3. The van der Waals surface area contributed by atoms with Crippen LogP contribution in [-0.4, -0.2) is 0 Å². The number of hydrogen-bond acceptors (Lipinski definition) is 1. The topological polar surface area (TPSA) is 9.23 Å². The Morgan fingerprint density at radius 2 is 0.755 bits per heavy atom. The smallest absolute Gasteiger partial charge is 0.143 e. The number of hydrogen-bond donors (Lipinski definition) is 0. The maximum atomic E-state index is 6.84. The molecule has 9 aromatic rings. The molecule has 0 saturated heterocycles. The van der Waals surface area contributed by atoms with Gasteiger partial charge < -0.3 is 4.74 Å². The number of fused-ring (bicyclic) bond motifs is 4. The van der Waals surface area contributed by atoms with Crippen molar-refractivity contribution in [3.8, 4) is 67.1 Å². The lowest BCUT2D eigenvalue weighted by molar-refractivity contribution is 0.489. The molecule has 228 valence electrons. The summed E-state index contributed by atoms with van der Waals surface area (Å²) >= 11 is 0. The highest BCUT2D eigenvalue weighted by Gasteiger charge is 2.25. The Morgan fingerprint density at radius 3 is 1.43 bits per heavy atom. The predicted molar refractivity (Wildman–Crippen MR) is 206 cm³/mol. The summed E-state index contributed by atoms with van der Waals surface area (Å²) in [6.45, 7) is 0. The fraction of sp³-hybridized carbons (Fsp3) is 0. The van der Waals surface area contributed by atoms with Gasteiger partial charge in [-0.05, 0) is 71.9 Å². The van der Waals surface area contributed by atoms with Crippen molar-refractivity contribution in [3.63, 3.8) is 0 Å². The first-order chi connectivity index (χ1) is 24.3. The quantitative estimate of drug-likeness (QED) is 0.177. The molecule has 1 nitrogen and oxygen atoms in total. The molecule has 0 atom stereocenters. The molecule has 0 bridgehead atoms. The molecule has 0 saturated carbocycles. The van der Waals surface area contributed by atoms with Crippen LogP contribution >= 0.6 is 0 Å². The number of benzene rings is 9. The van der Waals surface area contributed by atoms with Gasteiger partial charge in [-0.2, -0.15) is 0 Å². The molecule has 10 rings (SSSR count). The summed E-state index contributed by atoms with van der Waals surface area (Å²) in [5.41, 5.74) is 12.0. The largest absolute Gasteiger partial charge is 0.455 e. The van der Waals surface area contributed by atoms with Gasteiger partial charge in [0.1, 0.15) is 11.5 Å². The van der Waals surface area contributed by atoms with Crippen molar-refractivity contribution in [1.82, 2.24) is 0 Å². The van der Waals surface area contributed by atoms with Crippen LogP contribution in [0.25, 0.3) is 88.0 Å². The van der Waals surface area contributed by atoms with Gasteiger partial charge in [0.25, 0.3) is 0 Å². The zero-order valence-corrected chi connectivity index (χ0v) is 26.7. The van der Waals surface area contributed by atoms with E-state index in [0.717, 1.165) is 22.6 Å². The molecule has 0 aliphatic carbocycles. The van der Waals surface area contributed by atoms with Crippen molar-refractivity contribution < 1.29 is 4.74 Å². The maximum Gasteiger partial charge on any atom is 0.143 e. The van der Waals surface area contributed by atoms with Crippen molar-refractivity contribution in [1.29, 1.82) is 0 Å². The Balaban J connectivity index is 1.18. The Labute approximate surface area is 285 Å². The molecule has 1 aliphatic rings. The van der Waals surface area contributed by atoms with Crippen molar-refractivity contribution in [2.75, 3.05) is 0 Å². The third-order valence-electron chi connectivity index (χ3n) is 10.1. The van der Waals surface area contributed by atoms with Crippen molar-refractivity contribution in [2.45, 2.75) is 0 Å². The van der Waals surface area contributed by atoms with Crippen molar-refractivity contribution >= 4 is 32.3 Å². The first kappa shape index (κ1) is 27.7. The van der Waals surface area contributed by atoms with E-state index in [0.29, 0.717) is 0 Å². The number of para-hydroxylation sites is 1. The van der Waals surface area contributed by atoms with Gasteiger partial charge in [-0.15, -0.1) is 0 Å². The summed E-state index contributed by atoms with van der Waals surface area (Å²) in [7, 11) is 0. The molecule has 9 aromatic carbocycles. The van der Waals surface area contributed by atoms with Crippen molar-refractivity contribution in [2.24, 2.45) is 0 Å². The van der Waals surface area contributed by atoms with Gasteiger partial charge in [0.15, 0.2) is 0 Å². The fourth-order valence-electron chi connectivity index (χ4n) is 7.93. The second kappa shape index (κ2) is 11.1. The van der Waals surface area contributed by atoms with E-state index in [4.69, 9.17) is 4.74 Å². The van der Waals surface area contributed by atoms with Crippen LogP contribution in [0.2, 0.25) is 0 Å². The molecule has 1 heterocycles. The minimum absolute atomic E-state index is 0.909. The van der Waals surface area contributed by atoms with Gasteiger partial charge in [0.2, 0.25) is 0 Å². The van der Waals surface area contributed by atoms with E-state index in [1.165, 1.54) is 76.8 Å². The Morgan fingerprint density at radius 1 is 0.286 bits per heavy atom. The van der Waals surface area contributed by atoms with Gasteiger partial charge in [-0.1, -0.05) is 176 Å². The molecule has 0 N–H and O–H groups in total. The Hall–Kier alpha value is -6.44. The SMILES string of the molecule is c1ccc(-c2ccccc2-c2ccc(-c3c4ccccc4c(-c4cccc5c4Oc4cccc6cccc-5c46)c4ccccc34)cc2)cc1.